The molecule has 138 valence electrons. The van der Waals surface area contributed by atoms with Gasteiger partial charge < -0.3 is 0 Å². The van der Waals surface area contributed by atoms with Crippen LogP contribution in [0.25, 0.3) is 0 Å². The summed E-state index contributed by atoms with van der Waals surface area (Å²) in [5, 5.41) is 3.87. The summed E-state index contributed by atoms with van der Waals surface area (Å²) in [7, 11) is -5.57. The van der Waals surface area contributed by atoms with E-state index < -0.39 is 20.0 Å². The average Bonchev–Trinajstić information content (AvgIpc) is 2.92. The van der Waals surface area contributed by atoms with Crippen LogP contribution < -0.4 is 4.72 Å². The van der Waals surface area contributed by atoms with Crippen LogP contribution in [0.2, 0.25) is 5.02 Å². The molecule has 0 bridgehead atoms. The van der Waals surface area contributed by atoms with Crippen LogP contribution in [0.5, 0.6) is 0 Å². The minimum Gasteiger partial charge on any atom is -0.278 e. The summed E-state index contributed by atoms with van der Waals surface area (Å²) in [6.45, 7) is 1.91. The van der Waals surface area contributed by atoms with Crippen LogP contribution >= 0.6 is 22.9 Å². The van der Waals surface area contributed by atoms with Gasteiger partial charge in [0.2, 0.25) is 10.0 Å². The van der Waals surface area contributed by atoms with Crippen molar-refractivity contribution in [1.82, 2.24) is 4.31 Å². The lowest BCUT2D eigenvalue weighted by atomic mass is 10.2. The third kappa shape index (κ3) is 4.95. The lowest BCUT2D eigenvalue weighted by molar-refractivity contribution is 0.478. The SMILES string of the molecule is Cc1c(Cl)cccc1S(=O)(=O)Nc1cscc1CCN(C)S(C)(=O)=O. The molecule has 0 amide bonds. The Hall–Kier alpha value is -1.13. The fraction of sp³-hybridized carbons (Fsp3) is 0.333. The number of hydrogen-bond donors (Lipinski definition) is 1. The molecule has 0 saturated carbocycles. The maximum atomic E-state index is 12.7. The molecule has 1 aromatic heterocycles. The van der Waals surface area contributed by atoms with Crippen molar-refractivity contribution in [3.63, 3.8) is 0 Å². The smallest absolute Gasteiger partial charge is 0.262 e. The maximum Gasteiger partial charge on any atom is 0.262 e. The van der Waals surface area contributed by atoms with Crippen molar-refractivity contribution in [2.45, 2.75) is 18.2 Å². The minimum atomic E-state index is -3.79. The second-order valence-corrected chi connectivity index (χ2v) is 10.5. The summed E-state index contributed by atoms with van der Waals surface area (Å²) in [5.41, 5.74) is 1.67. The Bertz CT molecular complexity index is 968. The molecule has 0 aliphatic rings. The predicted octanol–water partition coefficient (Wildman–Crippen LogP) is 2.94. The van der Waals surface area contributed by atoms with E-state index in [-0.39, 0.29) is 11.4 Å². The molecular weight excluding hydrogens is 404 g/mol. The molecule has 0 atom stereocenters. The van der Waals surface area contributed by atoms with Crippen LogP contribution in [-0.4, -0.2) is 41.0 Å². The number of likely N-dealkylation sites (N-methyl/N-ethyl adjacent to an activating group) is 1. The Morgan fingerprint density at radius 3 is 2.52 bits per heavy atom. The molecule has 0 fully saturated rings. The molecule has 0 unspecified atom stereocenters. The average molecular weight is 423 g/mol. The lowest BCUT2D eigenvalue weighted by Crippen LogP contribution is -2.27. The normalized spacial score (nSPS) is 12.5. The number of halogens is 1. The van der Waals surface area contributed by atoms with Crippen molar-refractivity contribution < 1.29 is 16.8 Å². The van der Waals surface area contributed by atoms with Gasteiger partial charge in [-0.2, -0.15) is 0 Å². The molecule has 1 N–H and O–H groups in total. The zero-order chi connectivity index (χ0) is 18.8. The molecule has 0 spiro atoms. The fourth-order valence-corrected chi connectivity index (χ4v) is 5.04. The van der Waals surface area contributed by atoms with Gasteiger partial charge >= 0.3 is 0 Å². The van der Waals surface area contributed by atoms with Crippen molar-refractivity contribution in [1.29, 1.82) is 0 Å². The molecule has 2 aromatic rings. The molecule has 0 aliphatic heterocycles. The van der Waals surface area contributed by atoms with Crippen molar-refractivity contribution in [3.05, 3.63) is 45.1 Å². The van der Waals surface area contributed by atoms with Crippen LogP contribution in [0.15, 0.2) is 33.9 Å². The van der Waals surface area contributed by atoms with Crippen LogP contribution in [0.1, 0.15) is 11.1 Å². The van der Waals surface area contributed by atoms with E-state index in [0.29, 0.717) is 22.7 Å². The third-order valence-corrected chi connectivity index (χ3v) is 7.78. The first-order valence-corrected chi connectivity index (χ1v) is 11.9. The quantitative estimate of drug-likeness (QED) is 0.743. The highest BCUT2D eigenvalue weighted by Crippen LogP contribution is 2.28. The second-order valence-electron chi connectivity index (χ2n) is 5.61. The van der Waals surface area contributed by atoms with Crippen LogP contribution in [0.4, 0.5) is 5.69 Å². The van der Waals surface area contributed by atoms with Gasteiger partial charge in [-0.1, -0.05) is 17.7 Å². The maximum absolute atomic E-state index is 12.7. The van der Waals surface area contributed by atoms with E-state index >= 15 is 0 Å². The van der Waals surface area contributed by atoms with Crippen molar-refractivity contribution in [2.75, 3.05) is 24.6 Å². The molecule has 1 aromatic carbocycles. The van der Waals surface area contributed by atoms with Gasteiger partial charge in [0.25, 0.3) is 10.0 Å². The molecule has 2 rings (SSSR count). The third-order valence-electron chi connectivity index (χ3n) is 3.76. The summed E-state index contributed by atoms with van der Waals surface area (Å²) in [6.07, 6.45) is 1.53. The Kier molecular flexibility index (Phi) is 6.16. The molecule has 25 heavy (non-hydrogen) atoms. The zero-order valence-electron chi connectivity index (χ0n) is 14.0. The summed E-state index contributed by atoms with van der Waals surface area (Å²) >= 11 is 7.36. The first-order chi connectivity index (χ1) is 11.5. The Morgan fingerprint density at radius 2 is 1.88 bits per heavy atom. The van der Waals surface area contributed by atoms with Crippen LogP contribution in [0, 0.1) is 6.92 Å². The topological polar surface area (TPSA) is 83.6 Å². The highest BCUT2D eigenvalue weighted by molar-refractivity contribution is 7.92. The number of benzene rings is 1. The predicted molar refractivity (Wildman–Crippen MR) is 102 cm³/mol. The van der Waals surface area contributed by atoms with Crippen molar-refractivity contribution in [2.24, 2.45) is 0 Å². The van der Waals surface area contributed by atoms with E-state index in [1.807, 2.05) is 0 Å². The molecule has 0 aliphatic carbocycles. The summed E-state index contributed by atoms with van der Waals surface area (Å²) in [6, 6.07) is 4.71. The molecule has 1 heterocycles. The van der Waals surface area contributed by atoms with Gasteiger partial charge in [0.1, 0.15) is 0 Å². The second kappa shape index (κ2) is 7.63. The molecular formula is C15H19ClN2O4S3. The molecule has 6 nitrogen and oxygen atoms in total. The van der Waals surface area contributed by atoms with Crippen LogP contribution in [-0.2, 0) is 26.5 Å². The number of rotatable bonds is 7. The number of thiophene rings is 1. The zero-order valence-corrected chi connectivity index (χ0v) is 17.2. The Morgan fingerprint density at radius 1 is 1.20 bits per heavy atom. The van der Waals surface area contributed by atoms with Gasteiger partial charge in [-0.05, 0) is 42.0 Å². The highest BCUT2D eigenvalue weighted by Gasteiger charge is 2.20. The van der Waals surface area contributed by atoms with Gasteiger partial charge in [0.15, 0.2) is 0 Å². The largest absolute Gasteiger partial charge is 0.278 e. The highest BCUT2D eigenvalue weighted by atomic mass is 35.5. The first-order valence-electron chi connectivity index (χ1n) is 7.26. The number of anilines is 1. The van der Waals surface area contributed by atoms with Gasteiger partial charge in [0, 0.05) is 24.0 Å². The minimum absolute atomic E-state index is 0.116. The molecule has 0 radical (unpaired) electrons. The number of nitrogens with one attached hydrogen (secondary N) is 1. The number of sulfonamides is 2. The Labute approximate surface area is 157 Å². The van der Waals surface area contributed by atoms with E-state index in [1.54, 1.807) is 29.8 Å². The summed E-state index contributed by atoms with van der Waals surface area (Å²) in [5.74, 6) is 0. The molecule has 10 heteroatoms. The van der Waals surface area contributed by atoms with E-state index in [9.17, 15) is 16.8 Å². The van der Waals surface area contributed by atoms with Crippen LogP contribution in [0.3, 0.4) is 0 Å². The van der Waals surface area contributed by atoms with E-state index in [2.05, 4.69) is 4.72 Å². The van der Waals surface area contributed by atoms with E-state index in [1.165, 1.54) is 28.8 Å². The van der Waals surface area contributed by atoms with E-state index in [4.69, 9.17) is 11.6 Å². The van der Waals surface area contributed by atoms with Gasteiger partial charge in [-0.3, -0.25) is 4.72 Å². The first kappa shape index (κ1) is 20.2. The fourth-order valence-electron chi connectivity index (χ4n) is 2.13. The van der Waals surface area contributed by atoms with Gasteiger partial charge in [0.05, 0.1) is 16.8 Å². The number of nitrogens with zero attached hydrogens (tertiary/aromatic N) is 1. The Balaban J connectivity index is 2.21. The standard InChI is InChI=1S/C15H19ClN2O4S3/c1-11-13(16)5-4-6-15(11)25(21,22)17-14-10-23-9-12(14)7-8-18(2)24(3,19)20/h4-6,9-10,17H,7-8H2,1-3H3. The summed E-state index contributed by atoms with van der Waals surface area (Å²) < 4.78 is 52.0. The van der Waals surface area contributed by atoms with Crippen molar-refractivity contribution in [3.8, 4) is 0 Å². The molecule has 0 saturated heterocycles. The lowest BCUT2D eigenvalue weighted by Gasteiger charge is -2.15. The van der Waals surface area contributed by atoms with Gasteiger partial charge in [-0.25, -0.2) is 21.1 Å². The van der Waals surface area contributed by atoms with E-state index in [0.717, 1.165) is 11.8 Å². The monoisotopic (exact) mass is 422 g/mol. The van der Waals surface area contributed by atoms with Gasteiger partial charge in [-0.15, -0.1) is 11.3 Å². The number of hydrogen-bond acceptors (Lipinski definition) is 5. The summed E-state index contributed by atoms with van der Waals surface area (Å²) in [4.78, 5) is 0.116. The van der Waals surface area contributed by atoms with Crippen molar-refractivity contribution >= 4 is 48.7 Å².